The van der Waals surface area contributed by atoms with Crippen LogP contribution in [0.25, 0.3) is 21.9 Å². The molecule has 1 aliphatic rings. The zero-order chi connectivity index (χ0) is 21.5. The highest BCUT2D eigenvalue weighted by Crippen LogP contribution is 2.31. The maximum Gasteiger partial charge on any atom is 0.269 e. The number of benzene rings is 3. The van der Waals surface area contributed by atoms with E-state index in [2.05, 4.69) is 5.32 Å². The molecule has 0 spiro atoms. The van der Waals surface area contributed by atoms with Crippen LogP contribution in [0, 0.1) is 16.0 Å². The molecule has 4 aromatic rings. The maximum atomic E-state index is 12.8. The molecule has 3 aromatic carbocycles. The van der Waals surface area contributed by atoms with Crippen molar-refractivity contribution in [1.29, 1.82) is 0 Å². The molecule has 0 bridgehead atoms. The second kappa shape index (κ2) is 7.24. The van der Waals surface area contributed by atoms with Crippen LogP contribution < -0.4 is 10.2 Å². The summed E-state index contributed by atoms with van der Waals surface area (Å²) in [7, 11) is 0. The van der Waals surface area contributed by atoms with Gasteiger partial charge in [0.1, 0.15) is 11.2 Å². The smallest absolute Gasteiger partial charge is 0.269 e. The molecular formula is C23H17N3O5. The van der Waals surface area contributed by atoms with Crippen LogP contribution >= 0.6 is 0 Å². The molecule has 1 aromatic heterocycles. The van der Waals surface area contributed by atoms with E-state index in [4.69, 9.17) is 4.42 Å². The Balaban J connectivity index is 1.32. The summed E-state index contributed by atoms with van der Waals surface area (Å²) in [5, 5.41) is 15.7. The number of anilines is 2. The topological polar surface area (TPSA) is 106 Å². The maximum absolute atomic E-state index is 12.8. The van der Waals surface area contributed by atoms with Crippen molar-refractivity contribution in [2.24, 2.45) is 5.92 Å². The van der Waals surface area contributed by atoms with Crippen LogP contribution in [-0.4, -0.2) is 23.3 Å². The number of nitrogens with one attached hydrogen (secondary N) is 1. The van der Waals surface area contributed by atoms with Crippen molar-refractivity contribution in [2.75, 3.05) is 16.8 Å². The minimum absolute atomic E-state index is 0.0503. The van der Waals surface area contributed by atoms with Crippen molar-refractivity contribution in [3.63, 3.8) is 0 Å². The number of nitro groups is 1. The molecule has 0 unspecified atom stereocenters. The van der Waals surface area contributed by atoms with E-state index < -0.39 is 10.8 Å². The van der Waals surface area contributed by atoms with Crippen LogP contribution in [-0.2, 0) is 9.59 Å². The number of hydrogen-bond acceptors (Lipinski definition) is 5. The van der Waals surface area contributed by atoms with E-state index in [1.165, 1.54) is 29.2 Å². The van der Waals surface area contributed by atoms with E-state index in [1.54, 1.807) is 6.07 Å². The van der Waals surface area contributed by atoms with Crippen molar-refractivity contribution < 1.29 is 18.9 Å². The first kappa shape index (κ1) is 18.8. The molecule has 1 fully saturated rings. The Morgan fingerprint density at radius 2 is 1.77 bits per heavy atom. The number of carbonyl (C=O) groups excluding carboxylic acids is 2. The largest absolute Gasteiger partial charge is 0.456 e. The molecule has 0 saturated carbocycles. The summed E-state index contributed by atoms with van der Waals surface area (Å²) in [4.78, 5) is 37.0. The molecule has 5 rings (SSSR count). The van der Waals surface area contributed by atoms with Gasteiger partial charge in [-0.15, -0.1) is 0 Å². The Kier molecular flexibility index (Phi) is 4.39. The average Bonchev–Trinajstić information content (AvgIpc) is 3.34. The summed E-state index contributed by atoms with van der Waals surface area (Å²) in [6.07, 6.45) is 0.0791. The quantitative estimate of drug-likeness (QED) is 0.391. The van der Waals surface area contributed by atoms with E-state index in [9.17, 15) is 19.7 Å². The number of rotatable bonds is 4. The Morgan fingerprint density at radius 1 is 1.03 bits per heavy atom. The van der Waals surface area contributed by atoms with Crippen LogP contribution in [0.1, 0.15) is 6.42 Å². The molecule has 1 aliphatic heterocycles. The lowest BCUT2D eigenvalue weighted by Gasteiger charge is -2.16. The van der Waals surface area contributed by atoms with Crippen molar-refractivity contribution >= 4 is 50.8 Å². The van der Waals surface area contributed by atoms with Gasteiger partial charge in [0.25, 0.3) is 5.69 Å². The van der Waals surface area contributed by atoms with Gasteiger partial charge in [-0.25, -0.2) is 0 Å². The lowest BCUT2D eigenvalue weighted by Crippen LogP contribution is -2.28. The lowest BCUT2D eigenvalue weighted by atomic mass is 10.1. The molecule has 31 heavy (non-hydrogen) atoms. The molecule has 154 valence electrons. The second-order valence-electron chi connectivity index (χ2n) is 7.48. The molecule has 8 nitrogen and oxygen atoms in total. The second-order valence-corrected chi connectivity index (χ2v) is 7.48. The Hall–Kier alpha value is -4.20. The van der Waals surface area contributed by atoms with Gasteiger partial charge in [0.2, 0.25) is 11.8 Å². The molecule has 1 saturated heterocycles. The van der Waals surface area contributed by atoms with E-state index in [0.29, 0.717) is 17.0 Å². The number of amides is 2. The summed E-state index contributed by atoms with van der Waals surface area (Å²) in [6.45, 7) is 0.218. The van der Waals surface area contributed by atoms with Crippen LogP contribution in [0.2, 0.25) is 0 Å². The van der Waals surface area contributed by atoms with Gasteiger partial charge in [0, 0.05) is 53.3 Å². The fourth-order valence-electron chi connectivity index (χ4n) is 3.94. The third kappa shape index (κ3) is 3.38. The summed E-state index contributed by atoms with van der Waals surface area (Å²) >= 11 is 0. The van der Waals surface area contributed by atoms with Gasteiger partial charge >= 0.3 is 0 Å². The number of fused-ring (bicyclic) bond motifs is 3. The Labute approximate surface area is 176 Å². The third-order valence-electron chi connectivity index (χ3n) is 5.51. The van der Waals surface area contributed by atoms with Gasteiger partial charge in [0.15, 0.2) is 0 Å². The lowest BCUT2D eigenvalue weighted by molar-refractivity contribution is -0.384. The molecule has 2 heterocycles. The first-order valence-corrected chi connectivity index (χ1v) is 9.76. The number of carbonyl (C=O) groups is 2. The first-order valence-electron chi connectivity index (χ1n) is 9.76. The molecule has 0 radical (unpaired) electrons. The van der Waals surface area contributed by atoms with Gasteiger partial charge < -0.3 is 14.6 Å². The van der Waals surface area contributed by atoms with Gasteiger partial charge in [-0.1, -0.05) is 18.2 Å². The van der Waals surface area contributed by atoms with Crippen LogP contribution in [0.15, 0.2) is 71.1 Å². The Morgan fingerprint density at radius 3 is 2.55 bits per heavy atom. The van der Waals surface area contributed by atoms with Crippen molar-refractivity contribution in [3.05, 3.63) is 76.8 Å². The number of nitro benzene ring substituents is 1. The highest BCUT2D eigenvalue weighted by molar-refractivity contribution is 6.07. The predicted molar refractivity (Wildman–Crippen MR) is 116 cm³/mol. The summed E-state index contributed by atoms with van der Waals surface area (Å²) < 4.78 is 5.86. The fourth-order valence-corrected chi connectivity index (χ4v) is 3.94. The molecule has 8 heteroatoms. The molecule has 1 N–H and O–H groups in total. The number of non-ortho nitro benzene ring substituents is 1. The predicted octanol–water partition coefficient (Wildman–Crippen LogP) is 4.49. The van der Waals surface area contributed by atoms with Gasteiger partial charge in [-0.05, 0) is 30.3 Å². The fraction of sp³-hybridized carbons (Fsp3) is 0.130. The van der Waals surface area contributed by atoms with Gasteiger partial charge in [0.05, 0.1) is 10.8 Å². The van der Waals surface area contributed by atoms with E-state index in [-0.39, 0.29) is 30.5 Å². The SMILES string of the molecule is O=C(Nc1ccc2c(c1)oc1ccccc12)[C@@H]1CC(=O)N(c2ccc([N+](=O)[O-])cc2)C1. The third-order valence-corrected chi connectivity index (χ3v) is 5.51. The monoisotopic (exact) mass is 415 g/mol. The highest BCUT2D eigenvalue weighted by atomic mass is 16.6. The van der Waals surface area contributed by atoms with Gasteiger partial charge in [-0.2, -0.15) is 0 Å². The standard InChI is InChI=1S/C23H17N3O5/c27-22-11-14(13-25(22)16-6-8-17(9-7-16)26(29)30)23(28)24-15-5-10-19-18-3-1-2-4-20(18)31-21(19)12-15/h1-10,12,14H,11,13H2,(H,24,28)/t14-/m1/s1. The first-order chi connectivity index (χ1) is 15.0. The van der Waals surface area contributed by atoms with E-state index >= 15 is 0 Å². The van der Waals surface area contributed by atoms with E-state index in [1.807, 2.05) is 36.4 Å². The highest BCUT2D eigenvalue weighted by Gasteiger charge is 2.35. The number of nitrogens with zero attached hydrogens (tertiary/aromatic N) is 2. The van der Waals surface area contributed by atoms with Crippen LogP contribution in [0.5, 0.6) is 0 Å². The number of hydrogen-bond donors (Lipinski definition) is 1. The molecule has 0 aliphatic carbocycles. The summed E-state index contributed by atoms with van der Waals surface area (Å²) in [6, 6.07) is 18.9. The van der Waals surface area contributed by atoms with Crippen molar-refractivity contribution in [1.82, 2.24) is 0 Å². The average molecular weight is 415 g/mol. The molecular weight excluding hydrogens is 398 g/mol. The number of para-hydroxylation sites is 1. The molecule has 2 amide bonds. The van der Waals surface area contributed by atoms with Gasteiger partial charge in [-0.3, -0.25) is 19.7 Å². The summed E-state index contributed by atoms with van der Waals surface area (Å²) in [5.74, 6) is -0.968. The van der Waals surface area contributed by atoms with Crippen LogP contribution in [0.4, 0.5) is 17.1 Å². The zero-order valence-electron chi connectivity index (χ0n) is 16.3. The summed E-state index contributed by atoms with van der Waals surface area (Å²) in [5.41, 5.74) is 2.54. The van der Waals surface area contributed by atoms with Crippen LogP contribution in [0.3, 0.4) is 0 Å². The van der Waals surface area contributed by atoms with Crippen molar-refractivity contribution in [3.8, 4) is 0 Å². The zero-order valence-corrected chi connectivity index (χ0v) is 16.3. The number of furan rings is 1. The van der Waals surface area contributed by atoms with Crippen molar-refractivity contribution in [2.45, 2.75) is 6.42 Å². The minimum atomic E-state index is -0.519. The Bertz CT molecular complexity index is 1340. The van der Waals surface area contributed by atoms with E-state index in [0.717, 1.165) is 16.4 Å². The minimum Gasteiger partial charge on any atom is -0.456 e. The molecule has 1 atom stereocenters. The normalized spacial score (nSPS) is 16.2.